The molecule has 0 saturated carbocycles. The van der Waals surface area contributed by atoms with Crippen molar-refractivity contribution in [2.45, 2.75) is 13.5 Å². The molecular weight excluding hydrogens is 256 g/mol. The van der Waals surface area contributed by atoms with E-state index in [1.54, 1.807) is 19.1 Å². The maximum Gasteiger partial charge on any atom is 0.340 e. The Balaban J connectivity index is 2.09. The molecule has 6 heteroatoms. The minimum Gasteiger partial charge on any atom is -0.457 e. The molecule has 2 aromatic rings. The normalized spacial score (nSPS) is 9.80. The lowest BCUT2D eigenvalue weighted by atomic mass is 10.2. The molecule has 0 radical (unpaired) electrons. The molecular formula is C14H12N4O2. The highest BCUT2D eigenvalue weighted by atomic mass is 16.5. The van der Waals surface area contributed by atoms with Crippen LogP contribution in [-0.4, -0.2) is 15.9 Å². The largest absolute Gasteiger partial charge is 0.457 e. The number of aryl methyl sites for hydroxylation is 1. The summed E-state index contributed by atoms with van der Waals surface area (Å²) >= 11 is 0. The van der Waals surface area contributed by atoms with Gasteiger partial charge in [0.25, 0.3) is 0 Å². The number of nitrogens with two attached hydrogens (primary N) is 1. The molecule has 0 aromatic carbocycles. The van der Waals surface area contributed by atoms with Gasteiger partial charge in [-0.05, 0) is 30.7 Å². The van der Waals surface area contributed by atoms with Crippen molar-refractivity contribution in [3.8, 4) is 6.07 Å². The molecule has 0 atom stereocenters. The molecule has 0 aliphatic heterocycles. The Labute approximate surface area is 115 Å². The summed E-state index contributed by atoms with van der Waals surface area (Å²) < 4.78 is 5.18. The van der Waals surface area contributed by atoms with Gasteiger partial charge in [-0.2, -0.15) is 5.26 Å². The first kappa shape index (κ1) is 13.5. The predicted octanol–water partition coefficient (Wildman–Crippen LogP) is 1.60. The van der Waals surface area contributed by atoms with Crippen molar-refractivity contribution in [2.24, 2.45) is 0 Å². The number of aromatic nitrogens is 2. The van der Waals surface area contributed by atoms with Gasteiger partial charge in [0.1, 0.15) is 18.4 Å². The maximum absolute atomic E-state index is 11.9. The van der Waals surface area contributed by atoms with E-state index in [1.807, 2.05) is 6.07 Å². The van der Waals surface area contributed by atoms with Crippen LogP contribution < -0.4 is 5.73 Å². The van der Waals surface area contributed by atoms with Gasteiger partial charge >= 0.3 is 5.97 Å². The summed E-state index contributed by atoms with van der Waals surface area (Å²) in [7, 11) is 0. The van der Waals surface area contributed by atoms with Gasteiger partial charge in [-0.25, -0.2) is 9.78 Å². The van der Waals surface area contributed by atoms with Crippen molar-refractivity contribution in [3.05, 3.63) is 53.1 Å². The topological polar surface area (TPSA) is 102 Å². The van der Waals surface area contributed by atoms with Crippen LogP contribution in [0.1, 0.15) is 27.3 Å². The Bertz CT molecular complexity index is 692. The third kappa shape index (κ3) is 3.09. The van der Waals surface area contributed by atoms with E-state index in [0.29, 0.717) is 22.5 Å². The van der Waals surface area contributed by atoms with Crippen LogP contribution in [0.2, 0.25) is 0 Å². The molecule has 2 rings (SSSR count). The van der Waals surface area contributed by atoms with Gasteiger partial charge in [-0.15, -0.1) is 0 Å². The summed E-state index contributed by atoms with van der Waals surface area (Å²) in [6.45, 7) is 1.76. The predicted molar refractivity (Wildman–Crippen MR) is 71.5 cm³/mol. The second-order valence-corrected chi connectivity index (χ2v) is 4.14. The number of pyridine rings is 2. The van der Waals surface area contributed by atoms with Gasteiger partial charge < -0.3 is 10.5 Å². The Kier molecular flexibility index (Phi) is 3.91. The molecule has 2 N–H and O–H groups in total. The van der Waals surface area contributed by atoms with Gasteiger partial charge in [-0.1, -0.05) is 0 Å². The molecule has 100 valence electrons. The lowest BCUT2D eigenvalue weighted by Gasteiger charge is -2.07. The van der Waals surface area contributed by atoms with E-state index in [2.05, 4.69) is 9.97 Å². The summed E-state index contributed by atoms with van der Waals surface area (Å²) in [5.74, 6) is -0.502. The molecule has 0 saturated heterocycles. The Morgan fingerprint density at radius 3 is 3.00 bits per heavy atom. The summed E-state index contributed by atoms with van der Waals surface area (Å²) in [5, 5.41) is 8.74. The van der Waals surface area contributed by atoms with Crippen molar-refractivity contribution in [2.75, 3.05) is 5.73 Å². The number of esters is 1. The van der Waals surface area contributed by atoms with Crippen molar-refractivity contribution in [3.63, 3.8) is 0 Å². The highest BCUT2D eigenvalue weighted by Gasteiger charge is 2.12. The zero-order chi connectivity index (χ0) is 14.5. The van der Waals surface area contributed by atoms with E-state index < -0.39 is 5.97 Å². The number of rotatable bonds is 3. The summed E-state index contributed by atoms with van der Waals surface area (Å²) in [5.41, 5.74) is 7.85. The fourth-order valence-corrected chi connectivity index (χ4v) is 1.61. The minimum absolute atomic E-state index is 0.0598. The first-order valence-electron chi connectivity index (χ1n) is 5.84. The van der Waals surface area contributed by atoms with Gasteiger partial charge in [0.15, 0.2) is 0 Å². The molecule has 6 nitrogen and oxygen atoms in total. The molecule has 0 aliphatic rings. The van der Waals surface area contributed by atoms with E-state index in [1.165, 1.54) is 18.5 Å². The summed E-state index contributed by atoms with van der Waals surface area (Å²) in [4.78, 5) is 19.8. The molecule has 2 heterocycles. The minimum atomic E-state index is -0.502. The van der Waals surface area contributed by atoms with Gasteiger partial charge in [0.2, 0.25) is 0 Å². The first-order chi connectivity index (χ1) is 9.60. The number of carbonyl (C=O) groups is 1. The average Bonchev–Trinajstić information content (AvgIpc) is 2.47. The lowest BCUT2D eigenvalue weighted by Crippen LogP contribution is -2.09. The molecule has 0 spiro atoms. The smallest absolute Gasteiger partial charge is 0.340 e. The van der Waals surface area contributed by atoms with Crippen molar-refractivity contribution in [1.82, 2.24) is 9.97 Å². The Morgan fingerprint density at radius 1 is 1.45 bits per heavy atom. The van der Waals surface area contributed by atoms with E-state index in [0.717, 1.165) is 0 Å². The van der Waals surface area contributed by atoms with Crippen LogP contribution in [0, 0.1) is 18.3 Å². The number of hydrogen-bond acceptors (Lipinski definition) is 6. The van der Waals surface area contributed by atoms with E-state index in [-0.39, 0.29) is 12.3 Å². The standard InChI is InChI=1S/C14H12N4O2/c1-9-13(5-11(16)7-18-9)14(19)20-8-10-2-3-17-12(4-10)6-15/h2-5,7H,8,16H2,1H3. The van der Waals surface area contributed by atoms with Crippen LogP contribution >= 0.6 is 0 Å². The third-order valence-corrected chi connectivity index (χ3v) is 2.64. The quantitative estimate of drug-likeness (QED) is 0.848. The zero-order valence-corrected chi connectivity index (χ0v) is 10.8. The zero-order valence-electron chi connectivity index (χ0n) is 10.8. The van der Waals surface area contributed by atoms with Crippen molar-refractivity contribution >= 4 is 11.7 Å². The van der Waals surface area contributed by atoms with E-state index in [4.69, 9.17) is 15.7 Å². The molecule has 2 aromatic heterocycles. The molecule has 0 amide bonds. The molecule has 0 fully saturated rings. The summed E-state index contributed by atoms with van der Waals surface area (Å²) in [6.07, 6.45) is 2.98. The van der Waals surface area contributed by atoms with Crippen LogP contribution in [-0.2, 0) is 11.3 Å². The number of nitriles is 1. The molecule has 0 bridgehead atoms. The second kappa shape index (κ2) is 5.80. The lowest BCUT2D eigenvalue weighted by molar-refractivity contribution is 0.0471. The Hall–Kier alpha value is -2.94. The SMILES string of the molecule is Cc1ncc(N)cc1C(=O)OCc1ccnc(C#N)c1. The fourth-order valence-electron chi connectivity index (χ4n) is 1.61. The van der Waals surface area contributed by atoms with Gasteiger partial charge in [0.05, 0.1) is 23.1 Å². The number of ether oxygens (including phenoxy) is 1. The average molecular weight is 268 g/mol. The number of carbonyl (C=O) groups excluding carboxylic acids is 1. The Morgan fingerprint density at radius 2 is 2.25 bits per heavy atom. The highest BCUT2D eigenvalue weighted by molar-refractivity contribution is 5.91. The van der Waals surface area contributed by atoms with Crippen molar-refractivity contribution < 1.29 is 9.53 Å². The molecule has 0 unspecified atom stereocenters. The highest BCUT2D eigenvalue weighted by Crippen LogP contribution is 2.12. The third-order valence-electron chi connectivity index (χ3n) is 2.64. The van der Waals surface area contributed by atoms with Crippen LogP contribution in [0.15, 0.2) is 30.6 Å². The van der Waals surface area contributed by atoms with Crippen molar-refractivity contribution in [1.29, 1.82) is 5.26 Å². The first-order valence-corrected chi connectivity index (χ1v) is 5.84. The number of hydrogen-bond donors (Lipinski definition) is 1. The molecule has 20 heavy (non-hydrogen) atoms. The maximum atomic E-state index is 11.9. The van der Waals surface area contributed by atoms with Gasteiger partial charge in [-0.3, -0.25) is 4.98 Å². The fraction of sp³-hybridized carbons (Fsp3) is 0.143. The molecule has 0 aliphatic carbocycles. The van der Waals surface area contributed by atoms with Crippen LogP contribution in [0.3, 0.4) is 0 Å². The van der Waals surface area contributed by atoms with Crippen LogP contribution in [0.5, 0.6) is 0 Å². The second-order valence-electron chi connectivity index (χ2n) is 4.14. The monoisotopic (exact) mass is 268 g/mol. The van der Waals surface area contributed by atoms with Crippen LogP contribution in [0.4, 0.5) is 5.69 Å². The van der Waals surface area contributed by atoms with Crippen LogP contribution in [0.25, 0.3) is 0 Å². The number of anilines is 1. The van der Waals surface area contributed by atoms with E-state index in [9.17, 15) is 4.79 Å². The summed E-state index contributed by atoms with van der Waals surface area (Å²) in [6, 6.07) is 6.70. The number of nitrogen functional groups attached to an aromatic ring is 1. The van der Waals surface area contributed by atoms with Gasteiger partial charge in [0, 0.05) is 6.20 Å². The number of nitrogens with zero attached hydrogens (tertiary/aromatic N) is 3. The van der Waals surface area contributed by atoms with E-state index >= 15 is 0 Å².